The number of carbonyl (C=O) groups is 1. The summed E-state index contributed by atoms with van der Waals surface area (Å²) >= 11 is 0. The molecule has 0 saturated carbocycles. The minimum atomic E-state index is -4.46. The minimum absolute atomic E-state index is 0.133. The molecule has 4 nitrogen and oxygen atoms in total. The van der Waals surface area contributed by atoms with Crippen LogP contribution in [0.5, 0.6) is 5.75 Å². The number of nitrogens with one attached hydrogen (secondary N) is 1. The molecule has 1 atom stereocenters. The van der Waals surface area contributed by atoms with Crippen molar-refractivity contribution in [2.45, 2.75) is 44.4 Å². The van der Waals surface area contributed by atoms with Crippen LogP contribution in [0.2, 0.25) is 0 Å². The summed E-state index contributed by atoms with van der Waals surface area (Å²) in [7, 11) is 0. The van der Waals surface area contributed by atoms with Crippen LogP contribution in [0, 0.1) is 0 Å². The van der Waals surface area contributed by atoms with Gasteiger partial charge >= 0.3 is 6.18 Å². The summed E-state index contributed by atoms with van der Waals surface area (Å²) in [5, 5.41) is 13.2. The smallest absolute Gasteiger partial charge is 0.416 e. The first kappa shape index (κ1) is 20.5. The summed E-state index contributed by atoms with van der Waals surface area (Å²) in [5.74, 6) is -0.252. The number of aliphatic hydroxyl groups is 1. The third-order valence-electron chi connectivity index (χ3n) is 5.52. The van der Waals surface area contributed by atoms with Gasteiger partial charge in [-0.2, -0.15) is 13.2 Å². The lowest BCUT2D eigenvalue weighted by molar-refractivity contribution is -0.137. The quantitative estimate of drug-likeness (QED) is 0.655. The van der Waals surface area contributed by atoms with Gasteiger partial charge in [0.25, 0.3) is 0 Å². The number of amides is 1. The number of rotatable bonds is 2. The predicted molar refractivity (Wildman–Crippen MR) is 107 cm³/mol. The van der Waals surface area contributed by atoms with Crippen molar-refractivity contribution in [3.05, 3.63) is 64.7 Å². The number of alkyl halides is 3. The number of ether oxygens (including phenoxy) is 1. The Balaban J connectivity index is 1.62. The first-order chi connectivity index (χ1) is 14.3. The van der Waals surface area contributed by atoms with Crippen LogP contribution in [0.3, 0.4) is 0 Å². The molecule has 4 rings (SSSR count). The van der Waals surface area contributed by atoms with E-state index in [9.17, 15) is 23.1 Å². The lowest BCUT2D eigenvalue weighted by Crippen LogP contribution is -2.16. The molecule has 0 aromatic heterocycles. The van der Waals surface area contributed by atoms with Crippen molar-refractivity contribution in [2.75, 3.05) is 11.9 Å². The van der Waals surface area contributed by atoms with Crippen LogP contribution in [0.4, 0.5) is 18.9 Å². The van der Waals surface area contributed by atoms with Gasteiger partial charge in [-0.3, -0.25) is 4.79 Å². The van der Waals surface area contributed by atoms with Gasteiger partial charge in [0.05, 0.1) is 18.3 Å². The van der Waals surface area contributed by atoms with Crippen molar-refractivity contribution in [1.82, 2.24) is 0 Å². The fourth-order valence-electron chi connectivity index (χ4n) is 4.10. The van der Waals surface area contributed by atoms with Gasteiger partial charge in [0.15, 0.2) is 0 Å². The van der Waals surface area contributed by atoms with Crippen molar-refractivity contribution in [2.24, 2.45) is 0 Å². The largest absolute Gasteiger partial charge is 0.493 e. The number of halogens is 3. The molecule has 158 valence electrons. The van der Waals surface area contributed by atoms with Crippen LogP contribution >= 0.6 is 0 Å². The number of carbonyl (C=O) groups excluding carboxylic acids is 1. The molecule has 0 spiro atoms. The Kier molecular flexibility index (Phi) is 5.56. The lowest BCUT2D eigenvalue weighted by Gasteiger charge is -2.24. The number of anilines is 1. The highest BCUT2D eigenvalue weighted by atomic mass is 19.4. The van der Waals surface area contributed by atoms with Gasteiger partial charge in [0.2, 0.25) is 5.91 Å². The van der Waals surface area contributed by atoms with E-state index in [-0.39, 0.29) is 18.3 Å². The molecule has 1 aliphatic heterocycles. The van der Waals surface area contributed by atoms with E-state index in [1.165, 1.54) is 12.1 Å². The second-order valence-corrected chi connectivity index (χ2v) is 7.61. The van der Waals surface area contributed by atoms with Gasteiger partial charge < -0.3 is 15.2 Å². The second-order valence-electron chi connectivity index (χ2n) is 7.61. The Morgan fingerprint density at radius 2 is 2.00 bits per heavy atom. The van der Waals surface area contributed by atoms with Crippen LogP contribution in [0.25, 0.3) is 5.57 Å². The molecule has 7 heteroatoms. The molecule has 0 bridgehead atoms. The Labute approximate surface area is 172 Å². The Morgan fingerprint density at radius 1 is 1.17 bits per heavy atom. The molecule has 2 aromatic carbocycles. The van der Waals surface area contributed by atoms with Gasteiger partial charge in [-0.25, -0.2) is 0 Å². The molecular formula is C23H22F3NO3. The summed E-state index contributed by atoms with van der Waals surface area (Å²) in [6.07, 6.45) is -0.168. The van der Waals surface area contributed by atoms with Gasteiger partial charge in [0.1, 0.15) is 5.75 Å². The molecule has 1 unspecified atom stereocenters. The highest BCUT2D eigenvalue weighted by Crippen LogP contribution is 2.38. The topological polar surface area (TPSA) is 58.6 Å². The maximum atomic E-state index is 13.0. The van der Waals surface area contributed by atoms with Crippen molar-refractivity contribution in [1.29, 1.82) is 0 Å². The molecule has 1 aliphatic carbocycles. The first-order valence-corrected chi connectivity index (χ1v) is 9.99. The molecule has 2 aliphatic rings. The highest BCUT2D eigenvalue weighted by molar-refractivity contribution is 6.05. The van der Waals surface area contributed by atoms with Gasteiger partial charge in [-0.1, -0.05) is 18.2 Å². The number of aliphatic hydroxyl groups excluding tert-OH is 1. The summed E-state index contributed by atoms with van der Waals surface area (Å²) in [6.45, 7) is 0.283. The van der Waals surface area contributed by atoms with Crippen molar-refractivity contribution in [3.63, 3.8) is 0 Å². The maximum Gasteiger partial charge on any atom is 0.416 e. The molecule has 30 heavy (non-hydrogen) atoms. The molecule has 2 aromatic rings. The zero-order chi connectivity index (χ0) is 21.3. The molecule has 0 saturated heterocycles. The number of hydrogen-bond acceptors (Lipinski definition) is 3. The molecule has 0 fully saturated rings. The maximum absolute atomic E-state index is 13.0. The van der Waals surface area contributed by atoms with Crippen molar-refractivity contribution in [3.8, 4) is 5.75 Å². The Bertz CT molecular complexity index is 998. The summed E-state index contributed by atoms with van der Waals surface area (Å²) in [5.41, 5.74) is 2.67. The van der Waals surface area contributed by atoms with E-state index in [0.29, 0.717) is 36.1 Å². The third-order valence-corrected chi connectivity index (χ3v) is 5.52. The average molecular weight is 417 g/mol. The predicted octanol–water partition coefficient (Wildman–Crippen LogP) is 5.27. The van der Waals surface area contributed by atoms with Crippen LogP contribution in [-0.4, -0.2) is 17.6 Å². The average Bonchev–Trinajstić information content (AvgIpc) is 2.89. The summed E-state index contributed by atoms with van der Waals surface area (Å²) < 4.78 is 44.6. The number of benzene rings is 2. The zero-order valence-corrected chi connectivity index (χ0v) is 16.3. The van der Waals surface area contributed by atoms with E-state index >= 15 is 0 Å². The standard InChI is InChI=1S/C23H22F3NO3/c24-23(25,26)16-9-10-17-15(6-3-11-30-20(17)13-16)12-21(29)27-18-7-1-4-14-5-2-8-19(28)22(14)18/h1,4,7,9-10,12-13,19,28H,2-3,5-6,8,11H2,(H,27,29). The second kappa shape index (κ2) is 8.14. The molecule has 1 heterocycles. The molecule has 1 amide bonds. The van der Waals surface area contributed by atoms with E-state index in [1.54, 1.807) is 6.07 Å². The normalized spacial score (nSPS) is 20.0. The van der Waals surface area contributed by atoms with E-state index in [4.69, 9.17) is 4.74 Å². The number of hydrogen-bond donors (Lipinski definition) is 2. The van der Waals surface area contributed by atoms with Crippen LogP contribution < -0.4 is 10.1 Å². The fourth-order valence-corrected chi connectivity index (χ4v) is 4.10. The highest BCUT2D eigenvalue weighted by Gasteiger charge is 2.32. The van der Waals surface area contributed by atoms with Crippen LogP contribution in [-0.2, 0) is 17.4 Å². The van der Waals surface area contributed by atoms with Gasteiger partial charge in [-0.15, -0.1) is 0 Å². The lowest BCUT2D eigenvalue weighted by atomic mass is 9.88. The first-order valence-electron chi connectivity index (χ1n) is 9.99. The number of allylic oxidation sites excluding steroid dienone is 1. The monoisotopic (exact) mass is 417 g/mol. The van der Waals surface area contributed by atoms with E-state index < -0.39 is 17.8 Å². The molecule has 2 N–H and O–H groups in total. The third kappa shape index (κ3) is 4.21. The minimum Gasteiger partial charge on any atom is -0.493 e. The summed E-state index contributed by atoms with van der Waals surface area (Å²) in [4.78, 5) is 12.7. The molecular weight excluding hydrogens is 395 g/mol. The Morgan fingerprint density at radius 3 is 2.80 bits per heavy atom. The van der Waals surface area contributed by atoms with Crippen molar-refractivity contribution < 1.29 is 27.8 Å². The SMILES string of the molecule is O=C(C=C1CCCOc2cc(C(F)(F)F)ccc21)Nc1cccc2c1C(O)CCC2. The number of aryl methyl sites for hydroxylation is 1. The summed E-state index contributed by atoms with van der Waals surface area (Å²) in [6, 6.07) is 8.88. The number of fused-ring (bicyclic) bond motifs is 2. The van der Waals surface area contributed by atoms with Crippen molar-refractivity contribution >= 4 is 17.2 Å². The van der Waals surface area contributed by atoms with Crippen LogP contribution in [0.15, 0.2) is 42.5 Å². The molecule has 0 radical (unpaired) electrons. The van der Waals surface area contributed by atoms with Gasteiger partial charge in [0, 0.05) is 22.9 Å². The Hall–Kier alpha value is -2.80. The van der Waals surface area contributed by atoms with E-state index in [0.717, 1.165) is 36.1 Å². The van der Waals surface area contributed by atoms with E-state index in [1.807, 2.05) is 12.1 Å². The fraction of sp³-hybridized carbons (Fsp3) is 0.348. The zero-order valence-electron chi connectivity index (χ0n) is 16.3. The van der Waals surface area contributed by atoms with Crippen LogP contribution in [0.1, 0.15) is 54.0 Å². The van der Waals surface area contributed by atoms with Gasteiger partial charge in [-0.05, 0) is 61.4 Å². The van der Waals surface area contributed by atoms with E-state index in [2.05, 4.69) is 5.32 Å².